The predicted octanol–water partition coefficient (Wildman–Crippen LogP) is 2.84. The van der Waals surface area contributed by atoms with Gasteiger partial charge in [0.05, 0.1) is 12.8 Å². The van der Waals surface area contributed by atoms with Crippen molar-refractivity contribution in [1.82, 2.24) is 20.2 Å². The van der Waals surface area contributed by atoms with Gasteiger partial charge in [0.15, 0.2) is 5.82 Å². The third-order valence-electron chi connectivity index (χ3n) is 5.93. The lowest BCUT2D eigenvalue weighted by atomic mass is 10.0. The Labute approximate surface area is 198 Å². The number of likely N-dealkylation sites (tertiary alicyclic amines) is 1. The third-order valence-corrected chi connectivity index (χ3v) is 5.93. The van der Waals surface area contributed by atoms with E-state index in [2.05, 4.69) is 39.1 Å². The molecule has 0 spiro atoms. The van der Waals surface area contributed by atoms with Crippen LogP contribution in [-0.2, 0) is 4.79 Å². The molecule has 0 aliphatic carbocycles. The second-order valence-corrected chi connectivity index (χ2v) is 8.32. The summed E-state index contributed by atoms with van der Waals surface area (Å²) < 4.78 is 5.44. The smallest absolute Gasteiger partial charge is 0.270 e. The van der Waals surface area contributed by atoms with Crippen LogP contribution in [0.1, 0.15) is 23.3 Å². The molecule has 1 aliphatic heterocycles. The lowest BCUT2D eigenvalue weighted by Crippen LogP contribution is -2.43. The van der Waals surface area contributed by atoms with E-state index in [0.717, 1.165) is 36.7 Å². The molecule has 1 aromatic heterocycles. The first-order valence-electron chi connectivity index (χ1n) is 11.1. The van der Waals surface area contributed by atoms with Gasteiger partial charge in [-0.15, -0.1) is 0 Å². The number of aromatic nitrogens is 2. The molecule has 4 N–H and O–H groups in total. The molecular weight excluding hydrogens is 432 g/mol. The number of rotatable bonds is 6. The van der Waals surface area contributed by atoms with Crippen molar-refractivity contribution in [3.05, 3.63) is 54.7 Å². The van der Waals surface area contributed by atoms with Crippen LogP contribution in [0.2, 0.25) is 0 Å². The summed E-state index contributed by atoms with van der Waals surface area (Å²) in [5.74, 6) is 0.394. The average Bonchev–Trinajstić information content (AvgIpc) is 2.84. The number of amides is 2. The minimum absolute atomic E-state index is 0.104. The number of benzene rings is 2. The molecule has 0 unspecified atom stereocenters. The molecule has 1 fully saturated rings. The van der Waals surface area contributed by atoms with Gasteiger partial charge in [-0.3, -0.25) is 9.59 Å². The molecule has 0 saturated carbocycles. The second kappa shape index (κ2) is 9.88. The lowest BCUT2D eigenvalue weighted by Gasteiger charge is -2.29. The highest BCUT2D eigenvalue weighted by Gasteiger charge is 2.21. The summed E-state index contributed by atoms with van der Waals surface area (Å²) in [6, 6.07) is 10.8. The second-order valence-electron chi connectivity index (χ2n) is 8.32. The van der Waals surface area contributed by atoms with Gasteiger partial charge >= 0.3 is 0 Å². The molecule has 1 saturated heterocycles. The van der Waals surface area contributed by atoms with Crippen LogP contribution in [0.15, 0.2) is 49.1 Å². The number of piperidine rings is 1. The quantitative estimate of drug-likeness (QED) is 0.484. The number of anilines is 2. The fraction of sp³-hybridized carbons (Fsp3) is 0.280. The SMILES string of the molecule is C=CC(=O)Nc1c(OC)ccc2ccc(-c3nc(N)cc(C(=O)NC4CCN(C)CC4)n3)cc12. The maximum atomic E-state index is 12.9. The van der Waals surface area contributed by atoms with Crippen molar-refractivity contribution < 1.29 is 14.3 Å². The van der Waals surface area contributed by atoms with Crippen molar-refractivity contribution in [2.45, 2.75) is 18.9 Å². The number of nitrogens with two attached hydrogens (primary N) is 1. The average molecular weight is 461 g/mol. The zero-order valence-corrected chi connectivity index (χ0v) is 19.3. The summed E-state index contributed by atoms with van der Waals surface area (Å²) in [7, 11) is 3.60. The number of fused-ring (bicyclic) bond motifs is 1. The number of methoxy groups -OCH3 is 1. The van der Waals surface area contributed by atoms with Crippen LogP contribution in [0.5, 0.6) is 5.75 Å². The topological polar surface area (TPSA) is 122 Å². The van der Waals surface area contributed by atoms with Gasteiger partial charge < -0.3 is 26.0 Å². The summed E-state index contributed by atoms with van der Waals surface area (Å²) >= 11 is 0. The van der Waals surface area contributed by atoms with E-state index in [1.165, 1.54) is 19.3 Å². The van der Waals surface area contributed by atoms with Crippen LogP contribution in [0, 0.1) is 0 Å². The first-order chi connectivity index (χ1) is 16.4. The molecule has 3 aromatic rings. The van der Waals surface area contributed by atoms with Crippen LogP contribution in [0.4, 0.5) is 11.5 Å². The summed E-state index contributed by atoms with van der Waals surface area (Å²) in [5, 5.41) is 7.48. The van der Waals surface area contributed by atoms with E-state index >= 15 is 0 Å². The molecule has 34 heavy (non-hydrogen) atoms. The molecular formula is C25H28N6O3. The maximum Gasteiger partial charge on any atom is 0.270 e. The van der Waals surface area contributed by atoms with Gasteiger partial charge in [0.2, 0.25) is 5.91 Å². The monoisotopic (exact) mass is 460 g/mol. The van der Waals surface area contributed by atoms with Gasteiger partial charge in [-0.05, 0) is 56.6 Å². The number of nitrogen functional groups attached to an aromatic ring is 1. The highest BCUT2D eigenvalue weighted by molar-refractivity contribution is 6.08. The first kappa shape index (κ1) is 23.2. The largest absolute Gasteiger partial charge is 0.495 e. The molecule has 9 heteroatoms. The minimum Gasteiger partial charge on any atom is -0.495 e. The first-order valence-corrected chi connectivity index (χ1v) is 11.1. The number of ether oxygens (including phenoxy) is 1. The van der Waals surface area contributed by atoms with Crippen molar-refractivity contribution in [3.63, 3.8) is 0 Å². The molecule has 0 atom stereocenters. The zero-order chi connectivity index (χ0) is 24.2. The highest BCUT2D eigenvalue weighted by Crippen LogP contribution is 2.35. The van der Waals surface area contributed by atoms with Crippen molar-refractivity contribution in [2.75, 3.05) is 38.3 Å². The van der Waals surface area contributed by atoms with E-state index in [1.807, 2.05) is 24.3 Å². The summed E-state index contributed by atoms with van der Waals surface area (Å²) in [6.07, 6.45) is 2.97. The van der Waals surface area contributed by atoms with Gasteiger partial charge in [-0.1, -0.05) is 24.8 Å². The number of nitrogens with zero attached hydrogens (tertiary/aromatic N) is 3. The van der Waals surface area contributed by atoms with Gasteiger partial charge in [0, 0.05) is 23.1 Å². The van der Waals surface area contributed by atoms with E-state index in [0.29, 0.717) is 22.8 Å². The van der Waals surface area contributed by atoms with E-state index in [4.69, 9.17) is 10.5 Å². The predicted molar refractivity (Wildman–Crippen MR) is 133 cm³/mol. The Kier molecular flexibility index (Phi) is 6.74. The lowest BCUT2D eigenvalue weighted by molar-refractivity contribution is -0.111. The Morgan fingerprint density at radius 3 is 2.62 bits per heavy atom. The Morgan fingerprint density at radius 2 is 1.91 bits per heavy atom. The van der Waals surface area contributed by atoms with Gasteiger partial charge in [0.25, 0.3) is 5.91 Å². The normalized spacial score (nSPS) is 14.5. The van der Waals surface area contributed by atoms with Gasteiger partial charge in [0.1, 0.15) is 17.3 Å². The maximum absolute atomic E-state index is 12.9. The minimum atomic E-state index is -0.357. The third kappa shape index (κ3) is 4.99. The molecule has 2 heterocycles. The number of carbonyl (C=O) groups excluding carboxylic acids is 2. The summed E-state index contributed by atoms with van der Waals surface area (Å²) in [6.45, 7) is 5.39. The number of hydrogen-bond donors (Lipinski definition) is 3. The molecule has 176 valence electrons. The Bertz CT molecular complexity index is 1250. The highest BCUT2D eigenvalue weighted by atomic mass is 16.5. The van der Waals surface area contributed by atoms with Crippen LogP contribution >= 0.6 is 0 Å². The van der Waals surface area contributed by atoms with Crippen LogP contribution in [-0.4, -0.2) is 60.0 Å². The van der Waals surface area contributed by atoms with Crippen molar-refractivity contribution >= 4 is 34.1 Å². The molecule has 2 aromatic carbocycles. The van der Waals surface area contributed by atoms with Crippen molar-refractivity contribution in [1.29, 1.82) is 0 Å². The fourth-order valence-electron chi connectivity index (χ4n) is 4.04. The molecule has 0 radical (unpaired) electrons. The van der Waals surface area contributed by atoms with Crippen molar-refractivity contribution in [2.24, 2.45) is 0 Å². The van der Waals surface area contributed by atoms with Crippen LogP contribution < -0.4 is 21.1 Å². The summed E-state index contributed by atoms with van der Waals surface area (Å²) in [4.78, 5) is 36.0. The molecule has 9 nitrogen and oxygen atoms in total. The Hall–Kier alpha value is -3.98. The Balaban J connectivity index is 1.69. The van der Waals surface area contributed by atoms with E-state index in [9.17, 15) is 9.59 Å². The standard InChI is InChI=1S/C25H28N6O3/c1-4-22(32)30-23-18-13-16(6-5-15(18)7-8-20(23)34-3)24-28-19(14-21(26)29-24)25(33)27-17-9-11-31(2)12-10-17/h4-8,13-14,17H,1,9-12H2,2-3H3,(H,27,33)(H,30,32)(H2,26,28,29). The number of nitrogens with one attached hydrogen (secondary N) is 2. The Morgan fingerprint density at radius 1 is 1.18 bits per heavy atom. The molecule has 4 rings (SSSR count). The molecule has 1 aliphatic rings. The van der Waals surface area contributed by atoms with Crippen molar-refractivity contribution in [3.8, 4) is 17.1 Å². The van der Waals surface area contributed by atoms with E-state index in [-0.39, 0.29) is 29.4 Å². The molecule has 0 bridgehead atoms. The van der Waals surface area contributed by atoms with E-state index < -0.39 is 0 Å². The molecule has 2 amide bonds. The van der Waals surface area contributed by atoms with Crippen LogP contribution in [0.25, 0.3) is 22.2 Å². The van der Waals surface area contributed by atoms with Gasteiger partial charge in [-0.25, -0.2) is 9.97 Å². The van der Waals surface area contributed by atoms with Gasteiger partial charge in [-0.2, -0.15) is 0 Å². The summed E-state index contributed by atoms with van der Waals surface area (Å²) in [5.41, 5.74) is 7.41. The fourth-order valence-corrected chi connectivity index (χ4v) is 4.04. The van der Waals surface area contributed by atoms with E-state index in [1.54, 1.807) is 6.07 Å². The number of hydrogen-bond acceptors (Lipinski definition) is 7. The van der Waals surface area contributed by atoms with Crippen LogP contribution in [0.3, 0.4) is 0 Å². The number of carbonyl (C=O) groups is 2. The zero-order valence-electron chi connectivity index (χ0n) is 19.3.